The molecule has 0 spiro atoms. The van der Waals surface area contributed by atoms with Gasteiger partial charge < -0.3 is 0 Å². The fraction of sp³-hybridized carbons (Fsp3) is 0.143. The summed E-state index contributed by atoms with van der Waals surface area (Å²) in [5.74, 6) is 0. The normalized spacial score (nSPS) is 23.0. The molecule has 1 aliphatic heterocycles. The molecule has 1 heteroatoms. The van der Waals surface area contributed by atoms with E-state index in [1.165, 1.54) is 10.9 Å². The van der Waals surface area contributed by atoms with Crippen molar-refractivity contribution in [1.29, 1.82) is 0 Å². The van der Waals surface area contributed by atoms with E-state index in [-0.39, 0.29) is 0 Å². The molecule has 0 amide bonds. The standard InChI is InChI=1S/C7H6Se/c1-2-6-4-5-8-7(6)3-1/h1-4H,5H2. The summed E-state index contributed by atoms with van der Waals surface area (Å²) in [6.45, 7) is 0. The van der Waals surface area contributed by atoms with Crippen LogP contribution in [0.1, 0.15) is 0 Å². The molecular formula is C7H6Se. The maximum absolute atomic E-state index is 2.33. The van der Waals surface area contributed by atoms with Crippen molar-refractivity contribution in [3.8, 4) is 0 Å². The SMILES string of the molecule is C1=CC2=CC[Se]C2=C1. The van der Waals surface area contributed by atoms with E-state index in [0.717, 1.165) is 15.0 Å². The maximum atomic E-state index is 2.33. The van der Waals surface area contributed by atoms with Gasteiger partial charge in [0.25, 0.3) is 0 Å². The third-order valence-corrected chi connectivity index (χ3v) is 3.48. The van der Waals surface area contributed by atoms with Crippen molar-refractivity contribution in [3.05, 3.63) is 34.3 Å². The molecule has 0 aromatic rings. The van der Waals surface area contributed by atoms with E-state index < -0.39 is 0 Å². The van der Waals surface area contributed by atoms with Gasteiger partial charge >= 0.3 is 54.6 Å². The van der Waals surface area contributed by atoms with E-state index in [4.69, 9.17) is 0 Å². The first-order valence-electron chi connectivity index (χ1n) is 2.68. The minimum absolute atomic E-state index is 0.777. The summed E-state index contributed by atoms with van der Waals surface area (Å²) in [4.78, 5) is 0. The third-order valence-electron chi connectivity index (χ3n) is 1.35. The number of fused-ring (bicyclic) bond motifs is 1. The Morgan fingerprint density at radius 1 is 1.50 bits per heavy atom. The van der Waals surface area contributed by atoms with Gasteiger partial charge in [0.15, 0.2) is 0 Å². The van der Waals surface area contributed by atoms with Gasteiger partial charge in [0, 0.05) is 0 Å². The van der Waals surface area contributed by atoms with Crippen molar-refractivity contribution >= 4 is 15.0 Å². The summed E-state index contributed by atoms with van der Waals surface area (Å²) in [6, 6.07) is 0. The van der Waals surface area contributed by atoms with Gasteiger partial charge in [-0.1, -0.05) is 0 Å². The molecule has 0 N–H and O–H groups in total. The Kier molecular flexibility index (Phi) is 0.927. The average Bonchev–Trinajstić information content (AvgIpc) is 2.15. The van der Waals surface area contributed by atoms with Crippen LogP contribution in [-0.4, -0.2) is 15.0 Å². The van der Waals surface area contributed by atoms with Crippen LogP contribution in [0.15, 0.2) is 34.3 Å². The van der Waals surface area contributed by atoms with E-state index in [1.807, 2.05) is 0 Å². The quantitative estimate of drug-likeness (QED) is 0.482. The van der Waals surface area contributed by atoms with Gasteiger partial charge in [-0.05, 0) is 0 Å². The van der Waals surface area contributed by atoms with Crippen molar-refractivity contribution in [2.75, 3.05) is 0 Å². The van der Waals surface area contributed by atoms with E-state index >= 15 is 0 Å². The molecule has 40 valence electrons. The number of hydrogen-bond donors (Lipinski definition) is 0. The third kappa shape index (κ3) is 0.520. The predicted molar refractivity (Wildman–Crippen MR) is 35.9 cm³/mol. The first kappa shape index (κ1) is 4.60. The summed E-state index contributed by atoms with van der Waals surface area (Å²) < 4.78 is 1.59. The Balaban J connectivity index is 2.49. The second-order valence-electron chi connectivity index (χ2n) is 1.86. The van der Waals surface area contributed by atoms with Gasteiger partial charge in [-0.25, -0.2) is 0 Å². The Bertz CT molecular complexity index is 196. The van der Waals surface area contributed by atoms with Crippen molar-refractivity contribution in [1.82, 2.24) is 0 Å². The van der Waals surface area contributed by atoms with Crippen LogP contribution in [0.3, 0.4) is 0 Å². The average molecular weight is 169 g/mol. The van der Waals surface area contributed by atoms with Crippen LogP contribution in [0.25, 0.3) is 0 Å². The van der Waals surface area contributed by atoms with Crippen LogP contribution in [0.5, 0.6) is 0 Å². The Hall–Kier alpha value is -0.261. The zero-order valence-corrected chi connectivity index (χ0v) is 6.14. The molecule has 0 saturated heterocycles. The molecule has 0 fully saturated rings. The molecule has 8 heavy (non-hydrogen) atoms. The van der Waals surface area contributed by atoms with Crippen LogP contribution in [-0.2, 0) is 0 Å². The summed E-state index contributed by atoms with van der Waals surface area (Å²) >= 11 is 0.777. The van der Waals surface area contributed by atoms with E-state index in [9.17, 15) is 0 Å². The molecule has 0 unspecified atom stereocenters. The van der Waals surface area contributed by atoms with Crippen LogP contribution < -0.4 is 0 Å². The van der Waals surface area contributed by atoms with Crippen LogP contribution in [0, 0.1) is 0 Å². The van der Waals surface area contributed by atoms with E-state index in [1.54, 1.807) is 4.47 Å². The monoisotopic (exact) mass is 170 g/mol. The van der Waals surface area contributed by atoms with E-state index in [0.29, 0.717) is 0 Å². The van der Waals surface area contributed by atoms with Crippen molar-refractivity contribution < 1.29 is 0 Å². The molecule has 0 bridgehead atoms. The Morgan fingerprint density at radius 3 is 3.38 bits per heavy atom. The summed E-state index contributed by atoms with van der Waals surface area (Å²) in [5, 5.41) is 1.32. The van der Waals surface area contributed by atoms with Crippen molar-refractivity contribution in [3.63, 3.8) is 0 Å². The number of rotatable bonds is 0. The molecule has 0 radical (unpaired) electrons. The fourth-order valence-electron chi connectivity index (χ4n) is 0.939. The summed E-state index contributed by atoms with van der Waals surface area (Å²) in [5.41, 5.74) is 1.49. The zero-order valence-electron chi connectivity index (χ0n) is 4.42. The Labute approximate surface area is 55.1 Å². The van der Waals surface area contributed by atoms with Gasteiger partial charge in [0.05, 0.1) is 0 Å². The second-order valence-corrected chi connectivity index (χ2v) is 4.09. The Morgan fingerprint density at radius 2 is 2.50 bits per heavy atom. The number of allylic oxidation sites excluding steroid dienone is 6. The predicted octanol–water partition coefficient (Wildman–Crippen LogP) is 1.50. The topological polar surface area (TPSA) is 0 Å². The molecule has 0 atom stereocenters. The molecule has 1 aliphatic carbocycles. The number of hydrogen-bond acceptors (Lipinski definition) is 0. The first-order chi connectivity index (χ1) is 3.97. The van der Waals surface area contributed by atoms with E-state index in [2.05, 4.69) is 24.3 Å². The fourth-order valence-corrected chi connectivity index (χ4v) is 2.90. The summed E-state index contributed by atoms with van der Waals surface area (Å²) in [6.07, 6.45) is 8.90. The minimum atomic E-state index is 0.777. The molecular weight excluding hydrogens is 163 g/mol. The molecule has 0 saturated carbocycles. The summed E-state index contributed by atoms with van der Waals surface area (Å²) in [7, 11) is 0. The van der Waals surface area contributed by atoms with Gasteiger partial charge in [0.2, 0.25) is 0 Å². The van der Waals surface area contributed by atoms with Crippen molar-refractivity contribution in [2.24, 2.45) is 0 Å². The van der Waals surface area contributed by atoms with Gasteiger partial charge in [-0.2, -0.15) is 0 Å². The van der Waals surface area contributed by atoms with Crippen LogP contribution in [0.2, 0.25) is 5.32 Å². The van der Waals surface area contributed by atoms with Crippen LogP contribution in [0.4, 0.5) is 0 Å². The first-order valence-corrected chi connectivity index (χ1v) is 4.75. The van der Waals surface area contributed by atoms with Gasteiger partial charge in [-0.15, -0.1) is 0 Å². The molecule has 1 heterocycles. The zero-order chi connectivity index (χ0) is 5.40. The molecule has 0 aromatic heterocycles. The van der Waals surface area contributed by atoms with Gasteiger partial charge in [0.1, 0.15) is 0 Å². The second kappa shape index (κ2) is 1.61. The van der Waals surface area contributed by atoms with Crippen molar-refractivity contribution in [2.45, 2.75) is 5.32 Å². The van der Waals surface area contributed by atoms with Gasteiger partial charge in [-0.3, -0.25) is 0 Å². The molecule has 2 rings (SSSR count). The molecule has 0 nitrogen and oxygen atoms in total. The molecule has 0 aromatic carbocycles. The van der Waals surface area contributed by atoms with Crippen LogP contribution >= 0.6 is 0 Å². The molecule has 2 aliphatic rings.